The predicted octanol–water partition coefficient (Wildman–Crippen LogP) is 5.77. The molecule has 5 nitrogen and oxygen atoms in total. The second-order valence-corrected chi connectivity index (χ2v) is 9.55. The van der Waals surface area contributed by atoms with E-state index in [1.165, 1.54) is 0 Å². The van der Waals surface area contributed by atoms with Gasteiger partial charge in [0.2, 0.25) is 0 Å². The van der Waals surface area contributed by atoms with Crippen LogP contribution in [0, 0.1) is 0 Å². The van der Waals surface area contributed by atoms with Gasteiger partial charge in [-0.25, -0.2) is 9.78 Å². The number of benzene rings is 2. The van der Waals surface area contributed by atoms with Crippen molar-refractivity contribution in [1.29, 1.82) is 0 Å². The first-order valence-electron chi connectivity index (χ1n) is 10.5. The van der Waals surface area contributed by atoms with Crippen molar-refractivity contribution in [1.82, 2.24) is 9.88 Å². The molecule has 0 radical (unpaired) electrons. The van der Waals surface area contributed by atoms with Gasteiger partial charge >= 0.3 is 6.09 Å². The highest BCUT2D eigenvalue weighted by atomic mass is 32.1. The Balaban J connectivity index is 1.54. The fourth-order valence-corrected chi connectivity index (χ4v) is 4.92. The number of cyclic esters (lactones) is 1. The Morgan fingerprint density at radius 2 is 1.90 bits per heavy atom. The fourth-order valence-electron chi connectivity index (χ4n) is 4.36. The van der Waals surface area contributed by atoms with E-state index in [1.807, 2.05) is 72.4 Å². The smallest absolute Gasteiger partial charge is 0.411 e. The molecule has 2 aromatic carbocycles. The summed E-state index contributed by atoms with van der Waals surface area (Å²) in [7, 11) is 0. The molecular formula is C25H28N2O3S. The lowest BCUT2D eigenvalue weighted by molar-refractivity contribution is -0.101. The maximum atomic E-state index is 13.2. The molecule has 1 fully saturated rings. The van der Waals surface area contributed by atoms with Gasteiger partial charge in [0.15, 0.2) is 0 Å². The van der Waals surface area contributed by atoms with Gasteiger partial charge in [-0.05, 0) is 31.9 Å². The van der Waals surface area contributed by atoms with Crippen LogP contribution in [0.25, 0.3) is 11.3 Å². The average molecular weight is 437 g/mol. The van der Waals surface area contributed by atoms with Gasteiger partial charge in [-0.2, -0.15) is 0 Å². The van der Waals surface area contributed by atoms with E-state index in [9.17, 15) is 9.90 Å². The van der Waals surface area contributed by atoms with Gasteiger partial charge in [-0.1, -0.05) is 54.6 Å². The molecule has 0 spiro atoms. The zero-order chi connectivity index (χ0) is 22.1. The third-order valence-corrected chi connectivity index (χ3v) is 6.47. The predicted molar refractivity (Wildman–Crippen MR) is 123 cm³/mol. The third kappa shape index (κ3) is 4.65. The van der Waals surface area contributed by atoms with Gasteiger partial charge in [0.1, 0.15) is 5.60 Å². The van der Waals surface area contributed by atoms with E-state index in [4.69, 9.17) is 4.74 Å². The molecule has 3 aromatic rings. The minimum atomic E-state index is -0.963. The van der Waals surface area contributed by atoms with Crippen LogP contribution in [-0.4, -0.2) is 33.2 Å². The molecule has 31 heavy (non-hydrogen) atoms. The standard InChI is InChI=1S/C25H28N2O3S/c1-18(19-9-11-20(12-10-19)22-15-31-17-26-22)27-14-13-25(30-23(27)28,16-24(2,3)29)21-7-5-4-6-8-21/h4-12,15,17-18,29H,13-14,16H2,1-3H3/t18?,25-/m0/s1. The lowest BCUT2D eigenvalue weighted by atomic mass is 9.80. The normalized spacial score (nSPS) is 20.4. The number of aromatic nitrogens is 1. The average Bonchev–Trinajstić information content (AvgIpc) is 3.28. The number of carbonyl (C=O) groups excluding carboxylic acids is 1. The molecule has 0 saturated carbocycles. The molecule has 1 N–H and O–H groups in total. The number of nitrogens with zero attached hydrogens (tertiary/aromatic N) is 2. The summed E-state index contributed by atoms with van der Waals surface area (Å²) in [4.78, 5) is 19.3. The van der Waals surface area contributed by atoms with E-state index in [0.29, 0.717) is 19.4 Å². The first-order chi connectivity index (χ1) is 14.8. The second-order valence-electron chi connectivity index (χ2n) is 8.83. The SMILES string of the molecule is CC(c1ccc(-c2cscn2)cc1)N1CC[C@](CC(C)(C)O)(c2ccccc2)OC1=O. The number of aliphatic hydroxyl groups is 1. The zero-order valence-corrected chi connectivity index (χ0v) is 18.9. The Kier molecular flexibility index (Phi) is 5.86. The minimum absolute atomic E-state index is 0.118. The molecule has 162 valence electrons. The molecule has 0 bridgehead atoms. The number of thiazole rings is 1. The van der Waals surface area contributed by atoms with E-state index in [2.05, 4.69) is 4.98 Å². The molecule has 2 heterocycles. The van der Waals surface area contributed by atoms with Crippen molar-refractivity contribution in [3.63, 3.8) is 0 Å². The van der Waals surface area contributed by atoms with Gasteiger partial charge in [0.25, 0.3) is 0 Å². The Morgan fingerprint density at radius 1 is 1.19 bits per heavy atom. The Hall–Kier alpha value is -2.70. The molecule has 1 aromatic heterocycles. The van der Waals surface area contributed by atoms with Crippen LogP contribution in [0.5, 0.6) is 0 Å². The zero-order valence-electron chi connectivity index (χ0n) is 18.1. The first-order valence-corrected chi connectivity index (χ1v) is 11.5. The van der Waals surface area contributed by atoms with Gasteiger partial charge in [0, 0.05) is 30.3 Å². The van der Waals surface area contributed by atoms with Crippen molar-refractivity contribution < 1.29 is 14.6 Å². The number of hydrogen-bond donors (Lipinski definition) is 1. The van der Waals surface area contributed by atoms with E-state index in [-0.39, 0.29) is 12.1 Å². The summed E-state index contributed by atoms with van der Waals surface area (Å²) >= 11 is 1.57. The van der Waals surface area contributed by atoms with Crippen molar-refractivity contribution >= 4 is 17.4 Å². The summed E-state index contributed by atoms with van der Waals surface area (Å²) in [6, 6.07) is 17.8. The number of ether oxygens (including phenoxy) is 1. The van der Waals surface area contributed by atoms with Crippen molar-refractivity contribution in [2.24, 2.45) is 0 Å². The molecule has 0 aliphatic carbocycles. The minimum Gasteiger partial charge on any atom is -0.438 e. The highest BCUT2D eigenvalue weighted by molar-refractivity contribution is 7.07. The Morgan fingerprint density at radius 3 is 2.48 bits per heavy atom. The Labute approximate surface area is 187 Å². The van der Waals surface area contributed by atoms with Gasteiger partial charge < -0.3 is 14.7 Å². The van der Waals surface area contributed by atoms with Crippen LogP contribution in [0.1, 0.15) is 50.8 Å². The Bertz CT molecular complexity index is 1010. The van der Waals surface area contributed by atoms with E-state index in [1.54, 1.807) is 30.1 Å². The quantitative estimate of drug-likeness (QED) is 0.533. The van der Waals surface area contributed by atoms with Crippen molar-refractivity contribution in [2.75, 3.05) is 6.54 Å². The number of carbonyl (C=O) groups is 1. The first kappa shape index (κ1) is 21.5. The molecule has 1 aliphatic rings. The molecule has 1 unspecified atom stereocenters. The highest BCUT2D eigenvalue weighted by Gasteiger charge is 2.46. The van der Waals surface area contributed by atoms with Crippen LogP contribution >= 0.6 is 11.3 Å². The van der Waals surface area contributed by atoms with Crippen LogP contribution in [0.15, 0.2) is 65.5 Å². The van der Waals surface area contributed by atoms with Crippen molar-refractivity contribution in [2.45, 2.75) is 50.9 Å². The number of amides is 1. The number of rotatable bonds is 6. The molecule has 4 rings (SSSR count). The highest BCUT2D eigenvalue weighted by Crippen LogP contribution is 2.42. The summed E-state index contributed by atoms with van der Waals surface area (Å²) < 4.78 is 6.09. The van der Waals surface area contributed by atoms with Gasteiger partial charge in [-0.3, -0.25) is 0 Å². The monoisotopic (exact) mass is 436 g/mol. The summed E-state index contributed by atoms with van der Waals surface area (Å²) in [6.07, 6.45) is 0.615. The largest absolute Gasteiger partial charge is 0.438 e. The van der Waals surface area contributed by atoms with Gasteiger partial charge in [-0.15, -0.1) is 11.3 Å². The second kappa shape index (κ2) is 8.44. The molecule has 6 heteroatoms. The molecule has 2 atom stereocenters. The molecule has 1 aliphatic heterocycles. The maximum absolute atomic E-state index is 13.2. The van der Waals surface area contributed by atoms with E-state index < -0.39 is 11.2 Å². The molecule has 1 amide bonds. The van der Waals surface area contributed by atoms with Crippen LogP contribution in [0.3, 0.4) is 0 Å². The molecule has 1 saturated heterocycles. The maximum Gasteiger partial charge on any atom is 0.411 e. The number of hydrogen-bond acceptors (Lipinski definition) is 5. The molecular weight excluding hydrogens is 408 g/mol. The lowest BCUT2D eigenvalue weighted by Gasteiger charge is -2.45. The van der Waals surface area contributed by atoms with Crippen LogP contribution < -0.4 is 0 Å². The van der Waals surface area contributed by atoms with Crippen LogP contribution in [0.4, 0.5) is 4.79 Å². The topological polar surface area (TPSA) is 62.7 Å². The summed E-state index contributed by atoms with van der Waals surface area (Å²) in [5.74, 6) is 0. The van der Waals surface area contributed by atoms with Crippen molar-refractivity contribution in [3.8, 4) is 11.3 Å². The lowest BCUT2D eigenvalue weighted by Crippen LogP contribution is -2.51. The van der Waals surface area contributed by atoms with Crippen LogP contribution in [-0.2, 0) is 10.3 Å². The summed E-state index contributed by atoms with van der Waals surface area (Å²) in [5, 5.41) is 12.6. The van der Waals surface area contributed by atoms with Gasteiger partial charge in [0.05, 0.1) is 22.8 Å². The summed E-state index contributed by atoms with van der Waals surface area (Å²) in [6.45, 7) is 6.08. The van der Waals surface area contributed by atoms with Crippen molar-refractivity contribution in [3.05, 3.63) is 76.6 Å². The third-order valence-electron chi connectivity index (χ3n) is 5.88. The van der Waals surface area contributed by atoms with Crippen LogP contribution in [0.2, 0.25) is 0 Å². The summed E-state index contributed by atoms with van der Waals surface area (Å²) in [5.41, 5.74) is 4.02. The van der Waals surface area contributed by atoms with E-state index in [0.717, 1.165) is 22.4 Å². The fraction of sp³-hybridized carbons (Fsp3) is 0.360. The van der Waals surface area contributed by atoms with E-state index >= 15 is 0 Å².